The number of nitrogens with zero attached hydrogens (tertiary/aromatic N) is 2. The van der Waals surface area contributed by atoms with Gasteiger partial charge in [0.1, 0.15) is 6.10 Å². The third-order valence-corrected chi connectivity index (χ3v) is 4.26. The molecule has 3 aromatic rings. The lowest BCUT2D eigenvalue weighted by atomic mass is 10.1. The van der Waals surface area contributed by atoms with Gasteiger partial charge in [-0.1, -0.05) is 18.2 Å². The van der Waals surface area contributed by atoms with Crippen LogP contribution in [0.1, 0.15) is 34.5 Å². The third kappa shape index (κ3) is 3.06. The monoisotopic (exact) mass is 338 g/mol. The molecule has 1 aromatic carbocycles. The van der Waals surface area contributed by atoms with E-state index in [4.69, 9.17) is 9.15 Å². The number of carbonyl (C=O) groups excluding carboxylic acids is 1. The first-order valence-electron chi connectivity index (χ1n) is 8.17. The molecule has 2 aromatic heterocycles. The van der Waals surface area contributed by atoms with E-state index in [0.29, 0.717) is 18.2 Å². The van der Waals surface area contributed by atoms with E-state index in [-0.39, 0.29) is 23.8 Å². The van der Waals surface area contributed by atoms with E-state index in [9.17, 15) is 4.79 Å². The van der Waals surface area contributed by atoms with Crippen LogP contribution in [0.2, 0.25) is 0 Å². The second-order valence-corrected chi connectivity index (χ2v) is 5.97. The summed E-state index contributed by atoms with van der Waals surface area (Å²) in [5, 5.41) is 9.83. The molecule has 1 aliphatic heterocycles. The van der Waals surface area contributed by atoms with E-state index in [1.807, 2.05) is 36.4 Å². The van der Waals surface area contributed by atoms with E-state index >= 15 is 0 Å². The highest BCUT2D eigenvalue weighted by Crippen LogP contribution is 2.28. The molecule has 0 bridgehead atoms. The van der Waals surface area contributed by atoms with Crippen molar-refractivity contribution in [2.45, 2.75) is 25.5 Å². The lowest BCUT2D eigenvalue weighted by Gasteiger charge is -2.18. The van der Waals surface area contributed by atoms with Gasteiger partial charge in [-0.05, 0) is 31.5 Å². The summed E-state index contributed by atoms with van der Waals surface area (Å²) in [5.74, 6) is 0.386. The molecule has 25 heavy (non-hydrogen) atoms. The minimum atomic E-state index is -0.285. The van der Waals surface area contributed by atoms with Gasteiger partial charge in [0.2, 0.25) is 11.7 Å². The Morgan fingerprint density at radius 2 is 2.12 bits per heavy atom. The number of aromatic nitrogens is 3. The first-order chi connectivity index (χ1) is 12.2. The summed E-state index contributed by atoms with van der Waals surface area (Å²) < 4.78 is 11.4. The zero-order valence-electron chi connectivity index (χ0n) is 13.7. The average Bonchev–Trinajstić information content (AvgIpc) is 3.35. The van der Waals surface area contributed by atoms with E-state index in [1.54, 1.807) is 13.1 Å². The Labute approximate surface area is 144 Å². The molecule has 0 aliphatic carbocycles. The normalized spacial score (nSPS) is 19.9. The molecule has 2 N–H and O–H groups in total. The largest absolute Gasteiger partial charge is 0.431 e. The van der Waals surface area contributed by atoms with Gasteiger partial charge >= 0.3 is 0 Å². The number of hydrogen-bond donors (Lipinski definition) is 2. The van der Waals surface area contributed by atoms with Crippen molar-refractivity contribution in [2.24, 2.45) is 0 Å². The number of benzene rings is 1. The number of amides is 1. The molecule has 7 nitrogen and oxygen atoms in total. The fourth-order valence-electron chi connectivity index (χ4n) is 3.01. The zero-order valence-corrected chi connectivity index (χ0v) is 13.7. The Morgan fingerprint density at radius 3 is 2.88 bits per heavy atom. The third-order valence-electron chi connectivity index (χ3n) is 4.26. The van der Waals surface area contributed by atoms with Gasteiger partial charge in [-0.15, -0.1) is 0 Å². The van der Waals surface area contributed by atoms with Crippen LogP contribution in [0.5, 0.6) is 0 Å². The predicted octanol–water partition coefficient (Wildman–Crippen LogP) is 2.63. The van der Waals surface area contributed by atoms with Gasteiger partial charge in [0.25, 0.3) is 5.91 Å². The van der Waals surface area contributed by atoms with Crippen molar-refractivity contribution in [3.8, 4) is 11.5 Å². The van der Waals surface area contributed by atoms with Crippen LogP contribution in [0.4, 0.5) is 0 Å². The smallest absolute Gasteiger partial charge is 0.289 e. The summed E-state index contributed by atoms with van der Waals surface area (Å²) in [7, 11) is 0. The van der Waals surface area contributed by atoms with Crippen molar-refractivity contribution >= 4 is 5.91 Å². The number of ether oxygens (including phenoxy) is 1. The lowest BCUT2D eigenvalue weighted by molar-refractivity contribution is 0.0788. The molecular weight excluding hydrogens is 320 g/mol. The molecule has 1 amide bonds. The van der Waals surface area contributed by atoms with Crippen LogP contribution in [-0.4, -0.2) is 33.7 Å². The number of H-pyrrole nitrogens is 1. The molecule has 0 spiro atoms. The summed E-state index contributed by atoms with van der Waals surface area (Å²) in [6.07, 6.45) is 2.17. The van der Waals surface area contributed by atoms with Gasteiger partial charge < -0.3 is 14.5 Å². The van der Waals surface area contributed by atoms with Crippen LogP contribution in [-0.2, 0) is 4.74 Å². The van der Waals surface area contributed by atoms with Crippen molar-refractivity contribution < 1.29 is 13.9 Å². The van der Waals surface area contributed by atoms with Crippen molar-refractivity contribution in [1.82, 2.24) is 20.5 Å². The van der Waals surface area contributed by atoms with Gasteiger partial charge in [0.15, 0.2) is 0 Å². The molecule has 0 unspecified atom stereocenters. The number of aryl methyl sites for hydroxylation is 1. The lowest BCUT2D eigenvalue weighted by Crippen LogP contribution is -2.37. The molecule has 0 radical (unpaired) electrons. The molecule has 1 aliphatic rings. The second kappa shape index (κ2) is 6.52. The Hall–Kier alpha value is -2.93. The fourth-order valence-corrected chi connectivity index (χ4v) is 3.01. The summed E-state index contributed by atoms with van der Waals surface area (Å²) in [4.78, 5) is 17.0. The number of nitrogens with one attached hydrogen (secondary N) is 2. The summed E-state index contributed by atoms with van der Waals surface area (Å²) >= 11 is 0. The molecule has 1 fully saturated rings. The van der Waals surface area contributed by atoms with Crippen molar-refractivity contribution in [1.29, 1.82) is 0 Å². The van der Waals surface area contributed by atoms with E-state index in [2.05, 4.69) is 20.5 Å². The van der Waals surface area contributed by atoms with Gasteiger partial charge in [-0.25, -0.2) is 4.98 Å². The van der Waals surface area contributed by atoms with Gasteiger partial charge in [-0.3, -0.25) is 9.89 Å². The van der Waals surface area contributed by atoms with E-state index < -0.39 is 0 Å². The van der Waals surface area contributed by atoms with Crippen LogP contribution in [0, 0.1) is 6.92 Å². The first kappa shape index (κ1) is 15.6. The number of carbonyl (C=O) groups is 1. The van der Waals surface area contributed by atoms with Crippen LogP contribution in [0.3, 0.4) is 0 Å². The molecule has 4 rings (SSSR count). The molecule has 1 saturated heterocycles. The standard InChI is InChI=1S/C18H18N4O3/c1-11-15(25-18(20-11)12-5-3-2-4-6-12)17(23)21-13-8-10-24-16(13)14-7-9-19-22-14/h2-7,9,13,16H,8,10H2,1H3,(H,19,22)(H,21,23)/t13-,16-/m1/s1. The number of rotatable bonds is 4. The summed E-state index contributed by atoms with van der Waals surface area (Å²) in [6.45, 7) is 2.35. The van der Waals surface area contributed by atoms with Crippen molar-refractivity contribution in [2.75, 3.05) is 6.61 Å². The summed E-state index contributed by atoms with van der Waals surface area (Å²) in [6, 6.07) is 11.2. The van der Waals surface area contributed by atoms with Crippen molar-refractivity contribution in [3.05, 3.63) is 59.7 Å². The van der Waals surface area contributed by atoms with E-state index in [0.717, 1.165) is 17.7 Å². The highest BCUT2D eigenvalue weighted by molar-refractivity contribution is 5.93. The van der Waals surface area contributed by atoms with Gasteiger partial charge in [0, 0.05) is 18.4 Å². The Bertz CT molecular complexity index is 858. The maximum Gasteiger partial charge on any atom is 0.289 e. The molecule has 0 saturated carbocycles. The Balaban J connectivity index is 1.52. The molecule has 7 heteroatoms. The molecule has 128 valence electrons. The highest BCUT2D eigenvalue weighted by Gasteiger charge is 2.33. The Kier molecular flexibility index (Phi) is 4.07. The molecular formula is C18H18N4O3. The highest BCUT2D eigenvalue weighted by atomic mass is 16.5. The minimum Gasteiger partial charge on any atom is -0.431 e. The average molecular weight is 338 g/mol. The first-order valence-corrected chi connectivity index (χ1v) is 8.17. The van der Waals surface area contributed by atoms with E-state index in [1.165, 1.54) is 0 Å². The van der Waals surface area contributed by atoms with Crippen LogP contribution >= 0.6 is 0 Å². The van der Waals surface area contributed by atoms with Gasteiger partial charge in [0.05, 0.1) is 17.4 Å². The maximum absolute atomic E-state index is 12.7. The van der Waals surface area contributed by atoms with Crippen molar-refractivity contribution in [3.63, 3.8) is 0 Å². The number of oxazole rings is 1. The number of aromatic amines is 1. The quantitative estimate of drug-likeness (QED) is 0.763. The minimum absolute atomic E-state index is 0.141. The predicted molar refractivity (Wildman–Crippen MR) is 89.8 cm³/mol. The summed E-state index contributed by atoms with van der Waals surface area (Å²) in [5.41, 5.74) is 2.25. The number of hydrogen-bond acceptors (Lipinski definition) is 5. The maximum atomic E-state index is 12.7. The second-order valence-electron chi connectivity index (χ2n) is 5.97. The zero-order chi connectivity index (χ0) is 17.2. The van der Waals surface area contributed by atoms with Crippen LogP contribution < -0.4 is 5.32 Å². The molecule has 2 atom stereocenters. The fraction of sp³-hybridized carbons (Fsp3) is 0.278. The molecule has 3 heterocycles. The van der Waals surface area contributed by atoms with Crippen LogP contribution in [0.15, 0.2) is 47.0 Å². The van der Waals surface area contributed by atoms with Gasteiger partial charge in [-0.2, -0.15) is 5.10 Å². The van der Waals surface area contributed by atoms with Crippen LogP contribution in [0.25, 0.3) is 11.5 Å². The topological polar surface area (TPSA) is 93.0 Å². The SMILES string of the molecule is Cc1nc(-c2ccccc2)oc1C(=O)N[C@@H]1CCO[C@H]1c1ccn[nH]1. The Morgan fingerprint density at radius 1 is 1.28 bits per heavy atom.